The molecule has 3 rings (SSSR count). The molecule has 0 saturated carbocycles. The van der Waals surface area contributed by atoms with E-state index in [1.54, 1.807) is 39.5 Å². The van der Waals surface area contributed by atoms with Crippen LogP contribution in [0.5, 0.6) is 17.2 Å². The lowest BCUT2D eigenvalue weighted by Crippen LogP contribution is -2.17. The molecule has 1 amide bonds. The molecule has 3 aromatic rings. The van der Waals surface area contributed by atoms with Crippen LogP contribution in [0.25, 0.3) is 10.8 Å². The lowest BCUT2D eigenvalue weighted by atomic mass is 10.1. The topological polar surface area (TPSA) is 69.2 Å². The van der Waals surface area contributed by atoms with Gasteiger partial charge in [0.25, 0.3) is 5.91 Å². The van der Waals surface area contributed by atoms with Crippen molar-refractivity contribution in [1.82, 2.24) is 5.43 Å². The molecule has 0 aromatic heterocycles. The third-order valence-electron chi connectivity index (χ3n) is 4.12. The Balaban J connectivity index is 1.78. The third-order valence-corrected chi connectivity index (χ3v) is 4.12. The summed E-state index contributed by atoms with van der Waals surface area (Å²) in [6.07, 6.45) is 1.50. The lowest BCUT2D eigenvalue weighted by Gasteiger charge is -2.11. The fourth-order valence-electron chi connectivity index (χ4n) is 2.71. The summed E-state index contributed by atoms with van der Waals surface area (Å²) in [6.45, 7) is 0. The SMILES string of the molecule is COc1cc(OC)c(OC)cc1/C=N\NC(=O)c1ccc2ccccc2c1. The van der Waals surface area contributed by atoms with E-state index in [1.807, 2.05) is 36.4 Å². The molecule has 0 spiro atoms. The highest BCUT2D eigenvalue weighted by Gasteiger charge is 2.11. The number of hydrazone groups is 1. The van der Waals surface area contributed by atoms with Gasteiger partial charge in [-0.3, -0.25) is 4.79 Å². The number of methoxy groups -OCH3 is 3. The zero-order valence-corrected chi connectivity index (χ0v) is 15.4. The van der Waals surface area contributed by atoms with E-state index in [4.69, 9.17) is 14.2 Å². The number of benzene rings is 3. The molecule has 0 aliphatic carbocycles. The molecular weight excluding hydrogens is 344 g/mol. The highest BCUT2D eigenvalue weighted by Crippen LogP contribution is 2.33. The number of amides is 1. The first-order valence-corrected chi connectivity index (χ1v) is 8.28. The minimum atomic E-state index is -0.295. The van der Waals surface area contributed by atoms with Crippen molar-refractivity contribution in [2.24, 2.45) is 5.10 Å². The Kier molecular flexibility index (Phi) is 5.56. The van der Waals surface area contributed by atoms with E-state index in [0.29, 0.717) is 28.4 Å². The van der Waals surface area contributed by atoms with Crippen LogP contribution in [0, 0.1) is 0 Å². The van der Waals surface area contributed by atoms with Crippen LogP contribution in [0.3, 0.4) is 0 Å². The summed E-state index contributed by atoms with van der Waals surface area (Å²) in [6, 6.07) is 16.8. The van der Waals surface area contributed by atoms with Gasteiger partial charge in [0.05, 0.1) is 27.5 Å². The van der Waals surface area contributed by atoms with Crippen LogP contribution in [0.1, 0.15) is 15.9 Å². The molecule has 0 bridgehead atoms. The number of fused-ring (bicyclic) bond motifs is 1. The van der Waals surface area contributed by atoms with Gasteiger partial charge in [0.1, 0.15) is 5.75 Å². The molecule has 0 fully saturated rings. The van der Waals surface area contributed by atoms with Gasteiger partial charge in [-0.25, -0.2) is 5.43 Å². The molecule has 1 N–H and O–H groups in total. The Bertz CT molecular complexity index is 999. The van der Waals surface area contributed by atoms with E-state index < -0.39 is 0 Å². The second kappa shape index (κ2) is 8.23. The summed E-state index contributed by atoms with van der Waals surface area (Å²) in [4.78, 5) is 12.4. The zero-order valence-electron chi connectivity index (χ0n) is 15.4. The summed E-state index contributed by atoms with van der Waals surface area (Å²) in [5, 5.41) is 6.11. The van der Waals surface area contributed by atoms with Crippen LogP contribution >= 0.6 is 0 Å². The van der Waals surface area contributed by atoms with Gasteiger partial charge in [0.2, 0.25) is 0 Å². The maximum Gasteiger partial charge on any atom is 0.271 e. The first-order valence-electron chi connectivity index (χ1n) is 8.28. The molecule has 3 aromatic carbocycles. The standard InChI is InChI=1S/C21H20N2O4/c1-25-18-12-20(27-3)19(26-2)11-17(18)13-22-23-21(24)16-9-8-14-6-4-5-7-15(14)10-16/h4-13H,1-3H3,(H,23,24)/b22-13-. The predicted molar refractivity (Wildman–Crippen MR) is 105 cm³/mol. The zero-order chi connectivity index (χ0) is 19.2. The highest BCUT2D eigenvalue weighted by atomic mass is 16.5. The fourth-order valence-corrected chi connectivity index (χ4v) is 2.71. The van der Waals surface area contributed by atoms with Gasteiger partial charge in [0, 0.05) is 17.2 Å². The van der Waals surface area contributed by atoms with Crippen LogP contribution in [0.15, 0.2) is 59.7 Å². The monoisotopic (exact) mass is 364 g/mol. The van der Waals surface area contributed by atoms with E-state index in [9.17, 15) is 4.79 Å². The Labute approximate surface area is 157 Å². The normalized spacial score (nSPS) is 10.8. The van der Waals surface area contributed by atoms with Crippen LogP contribution in [0.4, 0.5) is 0 Å². The number of carbonyl (C=O) groups excluding carboxylic acids is 1. The second-order valence-electron chi connectivity index (χ2n) is 5.71. The number of carbonyl (C=O) groups is 1. The Hall–Kier alpha value is -3.54. The van der Waals surface area contributed by atoms with Crippen molar-refractivity contribution in [3.63, 3.8) is 0 Å². The van der Waals surface area contributed by atoms with E-state index in [2.05, 4.69) is 10.5 Å². The average molecular weight is 364 g/mol. The van der Waals surface area contributed by atoms with Crippen LogP contribution in [0.2, 0.25) is 0 Å². The van der Waals surface area contributed by atoms with Crippen molar-refractivity contribution in [3.05, 3.63) is 65.7 Å². The summed E-state index contributed by atoms with van der Waals surface area (Å²) in [5.41, 5.74) is 3.71. The molecule has 0 saturated heterocycles. The van der Waals surface area contributed by atoms with Gasteiger partial charge in [-0.2, -0.15) is 5.10 Å². The number of rotatable bonds is 6. The van der Waals surface area contributed by atoms with Crippen LogP contribution in [-0.2, 0) is 0 Å². The van der Waals surface area contributed by atoms with Crippen molar-refractivity contribution < 1.29 is 19.0 Å². The van der Waals surface area contributed by atoms with Crippen molar-refractivity contribution in [2.45, 2.75) is 0 Å². The largest absolute Gasteiger partial charge is 0.496 e. The summed E-state index contributed by atoms with van der Waals surface area (Å²) in [5.74, 6) is 1.35. The van der Waals surface area contributed by atoms with Gasteiger partial charge in [0.15, 0.2) is 11.5 Å². The lowest BCUT2D eigenvalue weighted by molar-refractivity contribution is 0.0955. The molecule has 0 atom stereocenters. The Morgan fingerprint density at radius 1 is 0.852 bits per heavy atom. The summed E-state index contributed by atoms with van der Waals surface area (Å²) in [7, 11) is 4.65. The highest BCUT2D eigenvalue weighted by molar-refractivity contribution is 5.99. The molecule has 6 heteroatoms. The maximum atomic E-state index is 12.4. The maximum absolute atomic E-state index is 12.4. The first-order chi connectivity index (χ1) is 13.2. The van der Waals surface area contributed by atoms with Crippen molar-refractivity contribution in [1.29, 1.82) is 0 Å². The third kappa shape index (κ3) is 4.00. The molecular formula is C21H20N2O4. The van der Waals surface area contributed by atoms with Crippen LogP contribution in [-0.4, -0.2) is 33.5 Å². The molecule has 6 nitrogen and oxygen atoms in total. The average Bonchev–Trinajstić information content (AvgIpc) is 2.72. The van der Waals surface area contributed by atoms with Gasteiger partial charge in [-0.15, -0.1) is 0 Å². The molecule has 0 aliphatic heterocycles. The van der Waals surface area contributed by atoms with Gasteiger partial charge >= 0.3 is 0 Å². The number of ether oxygens (including phenoxy) is 3. The van der Waals surface area contributed by atoms with Gasteiger partial charge in [-0.05, 0) is 29.0 Å². The number of hydrogen-bond acceptors (Lipinski definition) is 5. The molecule has 0 heterocycles. The minimum Gasteiger partial charge on any atom is -0.496 e. The quantitative estimate of drug-likeness (QED) is 0.536. The first kappa shape index (κ1) is 18.3. The molecule has 138 valence electrons. The van der Waals surface area contributed by atoms with Crippen molar-refractivity contribution in [2.75, 3.05) is 21.3 Å². The minimum absolute atomic E-state index is 0.295. The molecule has 27 heavy (non-hydrogen) atoms. The van der Waals surface area contributed by atoms with Gasteiger partial charge < -0.3 is 14.2 Å². The smallest absolute Gasteiger partial charge is 0.271 e. The Morgan fingerprint density at radius 2 is 1.52 bits per heavy atom. The van der Waals surface area contributed by atoms with Gasteiger partial charge in [-0.1, -0.05) is 30.3 Å². The van der Waals surface area contributed by atoms with Crippen LogP contribution < -0.4 is 19.6 Å². The van der Waals surface area contributed by atoms with Crippen molar-refractivity contribution >= 4 is 22.9 Å². The summed E-state index contributed by atoms with van der Waals surface area (Å²) >= 11 is 0. The van der Waals surface area contributed by atoms with E-state index in [1.165, 1.54) is 6.21 Å². The number of nitrogens with one attached hydrogen (secondary N) is 1. The summed E-state index contributed by atoms with van der Waals surface area (Å²) < 4.78 is 15.9. The predicted octanol–water partition coefficient (Wildman–Crippen LogP) is 3.63. The van der Waals surface area contributed by atoms with E-state index >= 15 is 0 Å². The fraction of sp³-hybridized carbons (Fsp3) is 0.143. The molecule has 0 unspecified atom stereocenters. The molecule has 0 radical (unpaired) electrons. The van der Waals surface area contributed by atoms with E-state index in [-0.39, 0.29) is 5.91 Å². The van der Waals surface area contributed by atoms with Crippen molar-refractivity contribution in [3.8, 4) is 17.2 Å². The Morgan fingerprint density at radius 3 is 2.22 bits per heavy atom. The number of hydrogen-bond donors (Lipinski definition) is 1. The number of nitrogens with zero attached hydrogens (tertiary/aromatic N) is 1. The second-order valence-corrected chi connectivity index (χ2v) is 5.71. The molecule has 0 aliphatic rings. The van der Waals surface area contributed by atoms with E-state index in [0.717, 1.165) is 10.8 Å².